The van der Waals surface area contributed by atoms with Crippen molar-refractivity contribution in [2.75, 3.05) is 17.7 Å². The third-order valence-corrected chi connectivity index (χ3v) is 8.40. The second-order valence-corrected chi connectivity index (χ2v) is 12.9. The van der Waals surface area contributed by atoms with Crippen molar-refractivity contribution in [1.29, 1.82) is 0 Å². The first-order chi connectivity index (χ1) is 23.5. The summed E-state index contributed by atoms with van der Waals surface area (Å²) in [7, 11) is 1.38. The van der Waals surface area contributed by atoms with Crippen LogP contribution >= 0.6 is 11.6 Å². The van der Waals surface area contributed by atoms with E-state index in [0.717, 1.165) is 5.69 Å². The molecule has 0 saturated carbocycles. The fraction of sp³-hybridized carbons (Fsp3) is 0.353. The zero-order chi connectivity index (χ0) is 36.7. The normalized spacial score (nSPS) is 20.0. The van der Waals surface area contributed by atoms with Gasteiger partial charge >= 0.3 is 11.6 Å². The summed E-state index contributed by atoms with van der Waals surface area (Å²) in [4.78, 5) is 54.0. The number of hydrogen-bond donors (Lipinski definition) is 6. The van der Waals surface area contributed by atoms with Gasteiger partial charge in [0.25, 0.3) is 5.91 Å². The highest BCUT2D eigenvalue weighted by molar-refractivity contribution is 6.36. The first-order valence-electron chi connectivity index (χ1n) is 15.4. The molecule has 15 nitrogen and oxygen atoms in total. The molecule has 2 aromatic heterocycles. The van der Waals surface area contributed by atoms with Gasteiger partial charge in [-0.05, 0) is 63.2 Å². The summed E-state index contributed by atoms with van der Waals surface area (Å²) < 4.78 is 28.5. The predicted molar refractivity (Wildman–Crippen MR) is 180 cm³/mol. The number of carbonyl (C=O) groups excluding carboxylic acids is 3. The molecule has 0 aliphatic carbocycles. The molecule has 16 heteroatoms. The predicted octanol–water partition coefficient (Wildman–Crippen LogP) is 4.46. The van der Waals surface area contributed by atoms with Crippen LogP contribution in [0.1, 0.15) is 54.2 Å². The molecule has 2 amide bonds. The van der Waals surface area contributed by atoms with E-state index in [-0.39, 0.29) is 44.4 Å². The van der Waals surface area contributed by atoms with Gasteiger partial charge in [0, 0.05) is 24.3 Å². The lowest BCUT2D eigenvalue weighted by Crippen LogP contribution is -2.65. The third-order valence-electron chi connectivity index (χ3n) is 8.04. The van der Waals surface area contributed by atoms with Crippen LogP contribution in [0.25, 0.3) is 11.0 Å². The molecule has 3 heterocycles. The maximum atomic E-state index is 13.1. The van der Waals surface area contributed by atoms with Gasteiger partial charge in [0.05, 0.1) is 16.7 Å². The maximum absolute atomic E-state index is 13.1. The summed E-state index contributed by atoms with van der Waals surface area (Å²) in [5.41, 5.74) is -2.43. The third kappa shape index (κ3) is 7.12. The van der Waals surface area contributed by atoms with Gasteiger partial charge in [-0.25, -0.2) is 9.59 Å². The van der Waals surface area contributed by atoms with Crippen LogP contribution in [0.4, 0.5) is 11.4 Å². The number of amides is 2. The maximum Gasteiger partial charge on any atom is 0.364 e. The number of phenolic OH excluding ortho intramolecular Hbond substituents is 1. The smallest absolute Gasteiger partial charge is 0.364 e. The number of fused-ring (bicyclic) bond motifs is 1. The molecular weight excluding hydrogens is 678 g/mol. The average Bonchev–Trinajstić information content (AvgIpc) is 3.50. The van der Waals surface area contributed by atoms with E-state index in [1.54, 1.807) is 40.7 Å². The number of aliphatic hydroxyl groups excluding tert-OH is 1. The van der Waals surface area contributed by atoms with Gasteiger partial charge in [-0.3, -0.25) is 9.59 Å². The Labute approximate surface area is 290 Å². The molecule has 0 unspecified atom stereocenters. The molecule has 0 radical (unpaired) electrons. The number of aliphatic hydroxyl groups is 1. The number of ether oxygens (including phenoxy) is 4. The Morgan fingerprint density at radius 1 is 1.06 bits per heavy atom. The first kappa shape index (κ1) is 36.2. The number of anilines is 2. The van der Waals surface area contributed by atoms with Crippen molar-refractivity contribution < 1.29 is 53.1 Å². The number of nitrogens with one attached hydrogen (secondary N) is 3. The van der Waals surface area contributed by atoms with Gasteiger partial charge in [-0.1, -0.05) is 25.4 Å². The van der Waals surface area contributed by atoms with E-state index < -0.39 is 71.0 Å². The molecule has 50 heavy (non-hydrogen) atoms. The van der Waals surface area contributed by atoms with E-state index >= 15 is 0 Å². The molecule has 1 aliphatic heterocycles. The van der Waals surface area contributed by atoms with Gasteiger partial charge < -0.3 is 54.3 Å². The molecule has 266 valence electrons. The standard InChI is InChI=1S/C34H36ClN3O12/c1-14(2)29(42)37-19-13-16(8-11-20(19)39)30(43)38-23-24(40)17-9-12-21(22(35)26(17)48-32(23)45)47-33-25(41)27(28(46-6)34(4,5)50-33)49-31(44)18-10-7-15(3)36-18/h7-14,25,27-28,33,36,39-41H,1-6H3,(H,37,42)(H,38,43)/t25-,27+,28-,33-/m1/s1. The van der Waals surface area contributed by atoms with Crippen LogP contribution in [0.5, 0.6) is 17.2 Å². The summed E-state index contributed by atoms with van der Waals surface area (Å²) in [6.45, 7) is 8.37. The zero-order valence-electron chi connectivity index (χ0n) is 27.8. The molecular formula is C34H36ClN3O12. The number of esters is 1. The van der Waals surface area contributed by atoms with Crippen LogP contribution in [0.2, 0.25) is 5.02 Å². The number of halogens is 1. The lowest BCUT2D eigenvalue weighted by molar-refractivity contribution is -0.305. The Morgan fingerprint density at radius 2 is 1.78 bits per heavy atom. The Kier molecular flexibility index (Phi) is 10.2. The highest BCUT2D eigenvalue weighted by Gasteiger charge is 2.53. The van der Waals surface area contributed by atoms with Crippen molar-refractivity contribution >= 4 is 51.7 Å². The number of aryl methyl sites for hydroxylation is 1. The van der Waals surface area contributed by atoms with Gasteiger partial charge in [-0.15, -0.1) is 0 Å². The van der Waals surface area contributed by atoms with E-state index in [1.807, 2.05) is 0 Å². The summed E-state index contributed by atoms with van der Waals surface area (Å²) in [5, 5.41) is 36.9. The number of H-pyrrole nitrogens is 1. The Bertz CT molecular complexity index is 2020. The van der Waals surface area contributed by atoms with Crippen LogP contribution in [0, 0.1) is 12.8 Å². The molecule has 2 aromatic carbocycles. The number of benzene rings is 2. The van der Waals surface area contributed by atoms with Crippen molar-refractivity contribution in [1.82, 2.24) is 4.98 Å². The highest BCUT2D eigenvalue weighted by Crippen LogP contribution is 2.41. The number of methoxy groups -OCH3 is 1. The van der Waals surface area contributed by atoms with E-state index in [0.29, 0.717) is 0 Å². The Balaban J connectivity index is 1.40. The van der Waals surface area contributed by atoms with Gasteiger partial charge in [0.2, 0.25) is 12.2 Å². The lowest BCUT2D eigenvalue weighted by atomic mass is 9.89. The fourth-order valence-corrected chi connectivity index (χ4v) is 5.63. The minimum atomic E-state index is -1.59. The summed E-state index contributed by atoms with van der Waals surface area (Å²) >= 11 is 6.57. The largest absolute Gasteiger partial charge is 0.506 e. The molecule has 1 aliphatic rings. The second-order valence-electron chi connectivity index (χ2n) is 12.5. The fourth-order valence-electron chi connectivity index (χ4n) is 5.39. The average molecular weight is 714 g/mol. The van der Waals surface area contributed by atoms with Gasteiger partial charge in [0.1, 0.15) is 28.3 Å². The molecule has 4 atom stereocenters. The molecule has 5 rings (SSSR count). The van der Waals surface area contributed by atoms with Crippen LogP contribution in [0.15, 0.2) is 51.7 Å². The van der Waals surface area contributed by atoms with Crippen molar-refractivity contribution in [3.8, 4) is 17.2 Å². The van der Waals surface area contributed by atoms with Crippen LogP contribution < -0.4 is 21.0 Å². The lowest BCUT2D eigenvalue weighted by Gasteiger charge is -2.47. The molecule has 0 spiro atoms. The number of aromatic nitrogens is 1. The minimum Gasteiger partial charge on any atom is -0.506 e. The van der Waals surface area contributed by atoms with E-state index in [9.17, 15) is 34.5 Å². The molecule has 1 saturated heterocycles. The summed E-state index contributed by atoms with van der Waals surface area (Å²) in [6, 6.07) is 9.49. The van der Waals surface area contributed by atoms with Crippen LogP contribution in [-0.4, -0.2) is 75.4 Å². The van der Waals surface area contributed by atoms with Crippen molar-refractivity contribution in [2.24, 2.45) is 5.92 Å². The van der Waals surface area contributed by atoms with E-state index in [4.69, 9.17) is 35.0 Å². The van der Waals surface area contributed by atoms with Gasteiger partial charge in [-0.2, -0.15) is 0 Å². The summed E-state index contributed by atoms with van der Waals surface area (Å²) in [5.74, 6) is -3.49. The molecule has 4 aromatic rings. The van der Waals surface area contributed by atoms with Crippen LogP contribution in [0.3, 0.4) is 0 Å². The number of rotatable bonds is 9. The SMILES string of the molecule is CO[C@@H]1[C@@H](OC(=O)c2ccc(C)[nH]2)[C@@H](O)[C@H](Oc2ccc3c(O)c(NC(=O)c4ccc(O)c(NC(=O)C(C)C)c4)c(=O)oc3c2Cl)OC1(C)C. The Morgan fingerprint density at radius 3 is 2.42 bits per heavy atom. The topological polar surface area (TPSA) is 219 Å². The summed E-state index contributed by atoms with van der Waals surface area (Å²) in [6.07, 6.45) is -5.22. The van der Waals surface area contributed by atoms with Crippen molar-refractivity contribution in [3.63, 3.8) is 0 Å². The number of aromatic amines is 1. The molecule has 1 fully saturated rings. The highest BCUT2D eigenvalue weighted by atomic mass is 35.5. The molecule has 6 N–H and O–H groups in total. The van der Waals surface area contributed by atoms with E-state index in [2.05, 4.69) is 15.6 Å². The second kappa shape index (κ2) is 14.0. The quantitative estimate of drug-likeness (QED) is 0.0805. The van der Waals surface area contributed by atoms with E-state index in [1.165, 1.54) is 43.5 Å². The first-order valence-corrected chi connectivity index (χ1v) is 15.8. The minimum absolute atomic E-state index is 0.0290. The van der Waals surface area contributed by atoms with Crippen LogP contribution in [-0.2, 0) is 19.0 Å². The van der Waals surface area contributed by atoms with Crippen molar-refractivity contribution in [3.05, 3.63) is 74.9 Å². The zero-order valence-corrected chi connectivity index (χ0v) is 28.6. The molecule has 0 bridgehead atoms. The number of carbonyl (C=O) groups is 3. The van der Waals surface area contributed by atoms with Gasteiger partial charge in [0.15, 0.2) is 29.2 Å². The van der Waals surface area contributed by atoms with Crippen molar-refractivity contribution in [2.45, 2.75) is 64.8 Å². The Hall–Kier alpha value is -5.09. The number of phenols is 1. The monoisotopic (exact) mass is 713 g/mol. The number of aromatic hydroxyl groups is 2. The number of hydrogen-bond acceptors (Lipinski definition) is 12.